The molecule has 0 amide bonds. The van der Waals surface area contributed by atoms with Gasteiger partial charge < -0.3 is 30.3 Å². The molecule has 6 heteroatoms. The minimum Gasteiger partial charge on any atom is -0.394 e. The molecule has 1 heterocycles. The Balaban J connectivity index is 2.65. The molecule has 0 aromatic rings. The maximum absolute atomic E-state index is 9.12. The molecule has 1 aliphatic heterocycles. The van der Waals surface area contributed by atoms with Crippen LogP contribution in [0.5, 0.6) is 0 Å². The van der Waals surface area contributed by atoms with Gasteiger partial charge in [0.05, 0.1) is 6.61 Å². The molecule has 1 fully saturated rings. The Morgan fingerprint density at radius 2 is 1.92 bits per heavy atom. The first-order valence-corrected chi connectivity index (χ1v) is 3.52. The standard InChI is InChI=1S/C6H12O6/c7-1-3-4(8)5(9)6(10,11)2-12-3/h3-5,7-11H,1-2H2/t3-,4-,5-/m1/s1. The second-order valence-corrected chi connectivity index (χ2v) is 2.85. The lowest BCUT2D eigenvalue weighted by Crippen LogP contribution is -2.61. The third kappa shape index (κ3) is 1.58. The third-order valence-corrected chi connectivity index (χ3v) is 1.87. The molecule has 0 spiro atoms. The molecule has 0 aromatic carbocycles. The topological polar surface area (TPSA) is 110 Å². The molecule has 6 nitrogen and oxygen atoms in total. The smallest absolute Gasteiger partial charge is 0.216 e. The Morgan fingerprint density at radius 1 is 1.33 bits per heavy atom. The van der Waals surface area contributed by atoms with Crippen LogP contribution in [-0.2, 0) is 4.74 Å². The molecular weight excluding hydrogens is 168 g/mol. The van der Waals surface area contributed by atoms with Crippen molar-refractivity contribution >= 4 is 0 Å². The van der Waals surface area contributed by atoms with Crippen molar-refractivity contribution in [3.8, 4) is 0 Å². The van der Waals surface area contributed by atoms with Gasteiger partial charge >= 0.3 is 0 Å². The highest BCUT2D eigenvalue weighted by molar-refractivity contribution is 4.90. The van der Waals surface area contributed by atoms with Gasteiger partial charge in [0.15, 0.2) is 0 Å². The normalized spacial score (nSPS) is 41.2. The Labute approximate surface area is 68.6 Å². The van der Waals surface area contributed by atoms with Gasteiger partial charge in [-0.2, -0.15) is 0 Å². The number of rotatable bonds is 1. The minimum absolute atomic E-state index is 0.478. The summed E-state index contributed by atoms with van der Waals surface area (Å²) < 4.78 is 4.67. The van der Waals surface area contributed by atoms with Crippen LogP contribution < -0.4 is 0 Å². The molecule has 0 saturated carbocycles. The van der Waals surface area contributed by atoms with Crippen molar-refractivity contribution in [2.45, 2.75) is 24.1 Å². The second-order valence-electron chi connectivity index (χ2n) is 2.85. The number of aliphatic hydroxyl groups is 5. The maximum atomic E-state index is 9.12. The van der Waals surface area contributed by atoms with Crippen LogP contribution in [0, 0.1) is 0 Å². The van der Waals surface area contributed by atoms with E-state index in [1.807, 2.05) is 0 Å². The van der Waals surface area contributed by atoms with Crippen LogP contribution in [0.2, 0.25) is 0 Å². The van der Waals surface area contributed by atoms with Crippen LogP contribution in [0.4, 0.5) is 0 Å². The lowest BCUT2D eigenvalue weighted by molar-refractivity contribution is -0.319. The van der Waals surface area contributed by atoms with E-state index < -0.39 is 37.3 Å². The maximum Gasteiger partial charge on any atom is 0.216 e. The summed E-state index contributed by atoms with van der Waals surface area (Å²) in [5.41, 5.74) is 0. The van der Waals surface area contributed by atoms with Gasteiger partial charge in [-0.25, -0.2) is 0 Å². The number of aliphatic hydroxyl groups excluding tert-OH is 3. The van der Waals surface area contributed by atoms with E-state index in [2.05, 4.69) is 4.74 Å². The molecule has 3 atom stereocenters. The van der Waals surface area contributed by atoms with Crippen LogP contribution in [0.25, 0.3) is 0 Å². The van der Waals surface area contributed by atoms with Crippen molar-refractivity contribution in [3.63, 3.8) is 0 Å². The van der Waals surface area contributed by atoms with Gasteiger partial charge in [-0.05, 0) is 0 Å². The lowest BCUT2D eigenvalue weighted by atomic mass is 9.98. The van der Waals surface area contributed by atoms with Crippen molar-refractivity contribution in [1.82, 2.24) is 0 Å². The van der Waals surface area contributed by atoms with Crippen LogP contribution in [0.3, 0.4) is 0 Å². The monoisotopic (exact) mass is 180 g/mol. The van der Waals surface area contributed by atoms with Crippen molar-refractivity contribution in [2.75, 3.05) is 13.2 Å². The SMILES string of the molecule is OC[C@H]1OCC(O)(O)[C@H](O)[C@@H]1O. The molecule has 0 aromatic heterocycles. The second kappa shape index (κ2) is 3.25. The molecule has 12 heavy (non-hydrogen) atoms. The summed E-state index contributed by atoms with van der Waals surface area (Å²) in [5.74, 6) is -2.44. The van der Waals surface area contributed by atoms with Gasteiger partial charge in [0.2, 0.25) is 5.79 Å². The average Bonchev–Trinajstić information content (AvgIpc) is 2.01. The van der Waals surface area contributed by atoms with E-state index in [0.717, 1.165) is 0 Å². The molecule has 1 aliphatic rings. The summed E-state index contributed by atoms with van der Waals surface area (Å²) in [6.07, 6.45) is -4.17. The Morgan fingerprint density at radius 3 is 2.42 bits per heavy atom. The van der Waals surface area contributed by atoms with Gasteiger partial charge in [-0.3, -0.25) is 0 Å². The predicted octanol–water partition coefficient (Wildman–Crippen LogP) is -3.22. The van der Waals surface area contributed by atoms with E-state index >= 15 is 0 Å². The van der Waals surface area contributed by atoms with Crippen LogP contribution >= 0.6 is 0 Å². The van der Waals surface area contributed by atoms with Crippen molar-refractivity contribution < 1.29 is 30.3 Å². The molecular formula is C6H12O6. The Bertz CT molecular complexity index is 158. The van der Waals surface area contributed by atoms with E-state index in [1.54, 1.807) is 0 Å². The molecule has 72 valence electrons. The zero-order valence-electron chi connectivity index (χ0n) is 6.29. The largest absolute Gasteiger partial charge is 0.394 e. The fraction of sp³-hybridized carbons (Fsp3) is 1.00. The molecule has 0 unspecified atom stereocenters. The zero-order chi connectivity index (χ0) is 9.35. The highest BCUT2D eigenvalue weighted by Crippen LogP contribution is 2.21. The van der Waals surface area contributed by atoms with Gasteiger partial charge in [0.25, 0.3) is 0 Å². The van der Waals surface area contributed by atoms with Crippen LogP contribution in [-0.4, -0.2) is 62.8 Å². The fourth-order valence-electron chi connectivity index (χ4n) is 1.05. The number of hydrogen-bond acceptors (Lipinski definition) is 6. The fourth-order valence-corrected chi connectivity index (χ4v) is 1.05. The van der Waals surface area contributed by atoms with E-state index in [9.17, 15) is 0 Å². The van der Waals surface area contributed by atoms with E-state index in [0.29, 0.717) is 0 Å². The summed E-state index contributed by atoms with van der Waals surface area (Å²) in [7, 11) is 0. The summed E-state index contributed by atoms with van der Waals surface area (Å²) >= 11 is 0. The number of hydrogen-bond donors (Lipinski definition) is 5. The summed E-state index contributed by atoms with van der Waals surface area (Å²) in [6.45, 7) is -1.01. The average molecular weight is 180 g/mol. The number of ether oxygens (including phenoxy) is 1. The van der Waals surface area contributed by atoms with Gasteiger partial charge in [-0.15, -0.1) is 0 Å². The van der Waals surface area contributed by atoms with Crippen LogP contribution in [0.15, 0.2) is 0 Å². The zero-order valence-corrected chi connectivity index (χ0v) is 6.29. The predicted molar refractivity (Wildman–Crippen MR) is 36.0 cm³/mol. The Hall–Kier alpha value is -0.240. The molecule has 0 aliphatic carbocycles. The molecule has 0 radical (unpaired) electrons. The molecule has 0 bridgehead atoms. The summed E-state index contributed by atoms with van der Waals surface area (Å²) in [6, 6.07) is 0. The van der Waals surface area contributed by atoms with Crippen molar-refractivity contribution in [1.29, 1.82) is 0 Å². The molecule has 1 rings (SSSR count). The first kappa shape index (κ1) is 9.85. The quantitative estimate of drug-likeness (QED) is 0.271. The van der Waals surface area contributed by atoms with Crippen molar-refractivity contribution in [2.24, 2.45) is 0 Å². The van der Waals surface area contributed by atoms with Crippen LogP contribution in [0.1, 0.15) is 0 Å². The van der Waals surface area contributed by atoms with E-state index in [-0.39, 0.29) is 0 Å². The molecule has 5 N–H and O–H groups in total. The highest BCUT2D eigenvalue weighted by Gasteiger charge is 2.46. The van der Waals surface area contributed by atoms with E-state index in [4.69, 9.17) is 25.5 Å². The lowest BCUT2D eigenvalue weighted by Gasteiger charge is -2.39. The van der Waals surface area contributed by atoms with Gasteiger partial charge in [0, 0.05) is 0 Å². The third-order valence-electron chi connectivity index (χ3n) is 1.87. The van der Waals surface area contributed by atoms with E-state index in [1.165, 1.54) is 0 Å². The summed E-state index contributed by atoms with van der Waals surface area (Å²) in [4.78, 5) is 0. The van der Waals surface area contributed by atoms with Gasteiger partial charge in [-0.1, -0.05) is 0 Å². The first-order valence-electron chi connectivity index (χ1n) is 3.52. The first-order chi connectivity index (χ1) is 5.49. The molecule has 1 saturated heterocycles. The summed E-state index contributed by atoms with van der Waals surface area (Å²) in [5, 5.41) is 44.7. The minimum atomic E-state index is -2.44. The highest BCUT2D eigenvalue weighted by atomic mass is 16.6. The Kier molecular flexibility index (Phi) is 2.67. The van der Waals surface area contributed by atoms with Crippen molar-refractivity contribution in [3.05, 3.63) is 0 Å². The van der Waals surface area contributed by atoms with Gasteiger partial charge in [0.1, 0.15) is 24.9 Å².